The lowest BCUT2D eigenvalue weighted by Crippen LogP contribution is -2.45. The number of unbranched alkanes of at least 4 members (excludes halogenated alkanes) is 30. The van der Waals surface area contributed by atoms with E-state index in [0.717, 1.165) is 96.2 Å². The van der Waals surface area contributed by atoms with Crippen LogP contribution >= 0.6 is 0 Å². The van der Waals surface area contributed by atoms with Crippen LogP contribution in [0.5, 0.6) is 0 Å². The first-order valence-corrected chi connectivity index (χ1v) is 49.2. The summed E-state index contributed by atoms with van der Waals surface area (Å²) >= 11 is 0. The number of carbonyl (C=O) groups excluding carboxylic acids is 2. The van der Waals surface area contributed by atoms with Gasteiger partial charge in [0.05, 0.1) is 24.2 Å². The fraction of sp³-hybridized carbons (Fsp3) is 0.897. The Labute approximate surface area is 564 Å². The summed E-state index contributed by atoms with van der Waals surface area (Å²) in [6.45, 7) is 40.6. The van der Waals surface area contributed by atoms with Crippen LogP contribution in [0.1, 0.15) is 317 Å². The first kappa shape index (κ1) is 86.6. The smallest absolute Gasteiger partial charge is 0.347 e. The summed E-state index contributed by atoms with van der Waals surface area (Å²) in [7, 11) is -5.42. The van der Waals surface area contributed by atoms with Gasteiger partial charge in [-0.3, -0.25) is 9.69 Å². The van der Waals surface area contributed by atoms with Gasteiger partial charge in [0, 0.05) is 26.2 Å². The minimum Gasteiger partial charge on any atom is -0.458 e. The fourth-order valence-electron chi connectivity index (χ4n) is 13.0. The molecule has 9 nitrogen and oxygen atoms in total. The Kier molecular flexibility index (Phi) is 53.6. The Bertz CT molecular complexity index is 1730. The van der Waals surface area contributed by atoms with Crippen LogP contribution in [0.2, 0.25) is 58.9 Å². The molecule has 0 aliphatic rings. The highest BCUT2D eigenvalue weighted by Gasteiger charge is 2.30. The van der Waals surface area contributed by atoms with Gasteiger partial charge in [-0.2, -0.15) is 0 Å². The van der Waals surface area contributed by atoms with Crippen molar-refractivity contribution in [3.05, 3.63) is 35.9 Å². The first-order valence-electron chi connectivity index (χ1n) is 39.0. The Balaban J connectivity index is 3.30. The maximum Gasteiger partial charge on any atom is 0.347 e. The molecule has 1 rings (SSSR count). The highest BCUT2D eigenvalue weighted by molar-refractivity contribution is 6.70. The molecule has 0 aliphatic carbocycles. The van der Waals surface area contributed by atoms with Crippen molar-refractivity contribution in [1.29, 1.82) is 0 Å². The zero-order valence-electron chi connectivity index (χ0n) is 62.8. The van der Waals surface area contributed by atoms with E-state index in [9.17, 15) is 9.59 Å². The molecular weight excluding hydrogens is 1160 g/mol. The monoisotopic (exact) mass is 1320 g/mol. The van der Waals surface area contributed by atoms with E-state index >= 15 is 0 Å². The molecule has 0 heterocycles. The molecule has 6 atom stereocenters. The van der Waals surface area contributed by atoms with Crippen LogP contribution in [0.4, 0.5) is 0 Å². The number of benzene rings is 1. The molecule has 0 saturated heterocycles. The SMILES string of the molecule is CCCCCCCCCC[C@@H](C)CN(CCCCC(C)C(=O)OC(CCCCN(C[C@@H](CCCCCCCCCC)O[Si](C)(C)C)C[C@@H](CCCCCCCCCC)O[Si](C)(C)C)C(=O)OCc1ccccc1)C[C@@H](CCCCCCCCCC)O[Si](C)(C)C. The van der Waals surface area contributed by atoms with Crippen molar-refractivity contribution >= 4 is 36.9 Å². The van der Waals surface area contributed by atoms with Gasteiger partial charge in [-0.1, -0.05) is 284 Å². The van der Waals surface area contributed by atoms with E-state index in [2.05, 4.69) is 103 Å². The average Bonchev–Trinajstić information content (AvgIpc) is 2.67. The average molecular weight is 1320 g/mol. The maximum atomic E-state index is 14.2. The molecule has 0 bridgehead atoms. The number of esters is 2. The van der Waals surface area contributed by atoms with Crippen LogP contribution in [0.25, 0.3) is 0 Å². The van der Waals surface area contributed by atoms with Crippen molar-refractivity contribution in [3.63, 3.8) is 0 Å². The molecule has 0 amide bonds. The van der Waals surface area contributed by atoms with Crippen molar-refractivity contribution in [1.82, 2.24) is 9.80 Å². The normalized spacial score (nSPS) is 14.5. The van der Waals surface area contributed by atoms with Crippen molar-refractivity contribution in [3.8, 4) is 0 Å². The molecule has 1 aromatic carbocycles. The Morgan fingerprint density at radius 3 is 1.03 bits per heavy atom. The Hall–Kier alpha value is -1.39. The van der Waals surface area contributed by atoms with Crippen molar-refractivity contribution in [2.75, 3.05) is 39.3 Å². The predicted octanol–water partition coefficient (Wildman–Crippen LogP) is 23.6. The van der Waals surface area contributed by atoms with Crippen molar-refractivity contribution in [2.45, 2.75) is 401 Å². The number of rotatable bonds is 65. The summed E-state index contributed by atoms with van der Waals surface area (Å²) < 4.78 is 33.4. The van der Waals surface area contributed by atoms with Crippen LogP contribution in [-0.2, 0) is 38.9 Å². The highest BCUT2D eigenvalue weighted by Crippen LogP contribution is 2.25. The van der Waals surface area contributed by atoms with Crippen LogP contribution in [0, 0.1) is 11.8 Å². The second kappa shape index (κ2) is 55.7. The molecule has 0 radical (unpaired) electrons. The second-order valence-electron chi connectivity index (χ2n) is 31.1. The lowest BCUT2D eigenvalue weighted by Gasteiger charge is -2.35. The highest BCUT2D eigenvalue weighted by atomic mass is 28.4. The summed E-state index contributed by atoms with van der Waals surface area (Å²) in [5, 5.41) is 0. The van der Waals surface area contributed by atoms with Gasteiger partial charge >= 0.3 is 11.9 Å². The molecule has 0 fully saturated rings. The minimum absolute atomic E-state index is 0.156. The molecule has 530 valence electrons. The molecular formula is C78H154N2O7Si3. The standard InChI is InChI=1S/C78H154N2O7Si3/c1-16-20-24-28-32-36-40-45-55-70(5)65-79(66-73(85-88(7,8)9)59-48-41-37-33-29-25-21-17-2)63-53-51-56-71(6)77(81)84-76(78(82)83-69-72-57-46-44-47-58-72)62-52-54-64-80(67-74(86-89(10,11)12)60-49-42-38-34-30-26-22-18-3)68-75(87-90(13,14)15)61-50-43-39-35-31-27-23-19-4/h44,46-47,57-58,70-71,73-76H,16-43,45,48-56,59-69H2,1-15H3/t70-,71?,73-,74-,75-,76?/m1/s1. The maximum absolute atomic E-state index is 14.2. The van der Waals surface area contributed by atoms with Crippen molar-refractivity contribution < 1.29 is 32.3 Å². The number of nitrogens with zero attached hydrogens (tertiary/aromatic N) is 2. The van der Waals surface area contributed by atoms with E-state index in [0.29, 0.717) is 12.3 Å². The van der Waals surface area contributed by atoms with Gasteiger partial charge in [-0.25, -0.2) is 4.79 Å². The summed E-state index contributed by atoms with van der Waals surface area (Å²) in [5.74, 6) is -0.425. The largest absolute Gasteiger partial charge is 0.458 e. The lowest BCUT2D eigenvalue weighted by atomic mass is 10.00. The number of hydrogen-bond donors (Lipinski definition) is 0. The second-order valence-corrected chi connectivity index (χ2v) is 44.5. The third-order valence-electron chi connectivity index (χ3n) is 17.9. The molecule has 0 aromatic heterocycles. The molecule has 12 heteroatoms. The molecule has 2 unspecified atom stereocenters. The Morgan fingerprint density at radius 1 is 0.367 bits per heavy atom. The van der Waals surface area contributed by atoms with Gasteiger partial charge in [0.25, 0.3) is 0 Å². The van der Waals surface area contributed by atoms with Crippen LogP contribution in [0.15, 0.2) is 30.3 Å². The summed E-state index contributed by atoms with van der Waals surface area (Å²) in [6, 6.07) is 9.85. The summed E-state index contributed by atoms with van der Waals surface area (Å²) in [4.78, 5) is 33.7. The van der Waals surface area contributed by atoms with E-state index in [-0.39, 0.29) is 36.8 Å². The van der Waals surface area contributed by atoms with E-state index in [1.165, 1.54) is 212 Å². The zero-order chi connectivity index (χ0) is 66.6. The van der Waals surface area contributed by atoms with E-state index in [1.807, 2.05) is 37.3 Å². The molecule has 0 saturated carbocycles. The van der Waals surface area contributed by atoms with Gasteiger partial charge in [0.2, 0.25) is 0 Å². The van der Waals surface area contributed by atoms with E-state index < -0.39 is 37.0 Å². The zero-order valence-corrected chi connectivity index (χ0v) is 65.8. The Morgan fingerprint density at radius 2 is 0.678 bits per heavy atom. The van der Waals surface area contributed by atoms with E-state index in [1.54, 1.807) is 0 Å². The van der Waals surface area contributed by atoms with E-state index in [4.69, 9.17) is 22.8 Å². The third-order valence-corrected chi connectivity index (χ3v) is 21.0. The van der Waals surface area contributed by atoms with Crippen LogP contribution in [-0.4, -0.2) is 110 Å². The first-order chi connectivity index (χ1) is 43.1. The van der Waals surface area contributed by atoms with Crippen LogP contribution < -0.4 is 0 Å². The van der Waals surface area contributed by atoms with Crippen molar-refractivity contribution in [2.24, 2.45) is 11.8 Å². The number of ether oxygens (including phenoxy) is 2. The molecule has 1 aromatic rings. The molecule has 0 spiro atoms. The molecule has 0 N–H and O–H groups in total. The summed E-state index contributed by atoms with van der Waals surface area (Å²) in [5.41, 5.74) is 0.923. The molecule has 90 heavy (non-hydrogen) atoms. The summed E-state index contributed by atoms with van der Waals surface area (Å²) in [6.07, 6.45) is 51.4. The van der Waals surface area contributed by atoms with Gasteiger partial charge in [0.15, 0.2) is 31.1 Å². The third kappa shape index (κ3) is 53.8. The quantitative estimate of drug-likeness (QED) is 0.0360. The van der Waals surface area contributed by atoms with Gasteiger partial charge in [0.1, 0.15) is 6.61 Å². The predicted molar refractivity (Wildman–Crippen MR) is 399 cm³/mol. The molecule has 0 aliphatic heterocycles. The minimum atomic E-state index is -1.83. The van der Waals surface area contributed by atoms with Gasteiger partial charge in [-0.05, 0) is 141 Å². The lowest BCUT2D eigenvalue weighted by molar-refractivity contribution is -0.171. The van der Waals surface area contributed by atoms with Gasteiger partial charge < -0.3 is 27.7 Å². The number of carbonyl (C=O) groups is 2. The number of hydrogen-bond acceptors (Lipinski definition) is 9. The topological polar surface area (TPSA) is 86.8 Å². The fourth-order valence-corrected chi connectivity index (χ4v) is 16.6. The van der Waals surface area contributed by atoms with Gasteiger partial charge in [-0.15, -0.1) is 0 Å². The van der Waals surface area contributed by atoms with Crippen LogP contribution in [0.3, 0.4) is 0 Å².